The van der Waals surface area contributed by atoms with E-state index in [1.807, 2.05) is 30.9 Å². The summed E-state index contributed by atoms with van der Waals surface area (Å²) in [7, 11) is 0. The van der Waals surface area contributed by atoms with Gasteiger partial charge in [-0.05, 0) is 38.5 Å². The summed E-state index contributed by atoms with van der Waals surface area (Å²) < 4.78 is 0. The summed E-state index contributed by atoms with van der Waals surface area (Å²) in [5.74, 6) is 5.36. The number of likely N-dealkylation sites (N-methyl/N-ethyl adjacent to an activating group) is 1. The van der Waals surface area contributed by atoms with Crippen LogP contribution in [0.15, 0.2) is 29.8 Å². The largest absolute Gasteiger partial charge is 0.295 e. The molecular formula is C18H25N3O2. The first-order chi connectivity index (χ1) is 11.1. The van der Waals surface area contributed by atoms with E-state index in [0.717, 1.165) is 12.8 Å². The van der Waals surface area contributed by atoms with E-state index in [1.165, 1.54) is 0 Å². The fourth-order valence-corrected chi connectivity index (χ4v) is 2.46. The topological polar surface area (TPSA) is 61.8 Å². The van der Waals surface area contributed by atoms with Crippen LogP contribution in [0.1, 0.15) is 39.5 Å². The number of hydrogen-bond acceptors (Lipinski definition) is 4. The van der Waals surface area contributed by atoms with Gasteiger partial charge in [0, 0.05) is 19.1 Å². The second-order valence-corrected chi connectivity index (χ2v) is 5.22. The van der Waals surface area contributed by atoms with Gasteiger partial charge in [-0.3, -0.25) is 24.8 Å². The number of unbranched alkanes of at least 4 members (excludes halogenated alkanes) is 1. The maximum absolute atomic E-state index is 12.0. The minimum absolute atomic E-state index is 0.117. The number of imide groups is 1. The second kappa shape index (κ2) is 10.5. The summed E-state index contributed by atoms with van der Waals surface area (Å²) in [6.45, 7) is 8.18. The van der Waals surface area contributed by atoms with Crippen molar-refractivity contribution in [3.63, 3.8) is 0 Å². The lowest BCUT2D eigenvalue weighted by atomic mass is 10.0. The van der Waals surface area contributed by atoms with Gasteiger partial charge in [0.1, 0.15) is 0 Å². The number of amides is 2. The molecule has 124 valence electrons. The minimum Gasteiger partial charge on any atom is -0.295 e. The van der Waals surface area contributed by atoms with Crippen molar-refractivity contribution in [2.75, 3.05) is 6.54 Å². The van der Waals surface area contributed by atoms with Crippen molar-refractivity contribution in [3.8, 4) is 11.8 Å². The molecule has 5 nitrogen and oxygen atoms in total. The Balaban J connectivity index is 2.49. The molecule has 2 amide bonds. The van der Waals surface area contributed by atoms with Gasteiger partial charge in [0.05, 0.1) is 12.2 Å². The third kappa shape index (κ3) is 6.62. The van der Waals surface area contributed by atoms with Gasteiger partial charge in [-0.1, -0.05) is 31.4 Å². The molecule has 0 bridgehead atoms. The predicted molar refractivity (Wildman–Crippen MR) is 92.9 cm³/mol. The number of nitrogens with one attached hydrogen (secondary N) is 1. The highest BCUT2D eigenvalue weighted by molar-refractivity contribution is 6.00. The lowest BCUT2D eigenvalue weighted by Gasteiger charge is -2.34. The molecule has 1 fully saturated rings. The van der Waals surface area contributed by atoms with E-state index < -0.39 is 0 Å². The maximum atomic E-state index is 12.0. The Morgan fingerprint density at radius 1 is 1.52 bits per heavy atom. The van der Waals surface area contributed by atoms with Crippen LogP contribution < -0.4 is 5.32 Å². The Bertz CT molecular complexity index is 540. The first-order valence-electron chi connectivity index (χ1n) is 7.97. The van der Waals surface area contributed by atoms with Crippen molar-refractivity contribution < 1.29 is 9.59 Å². The van der Waals surface area contributed by atoms with E-state index in [2.05, 4.69) is 28.7 Å². The fraction of sp³-hybridized carbons (Fsp3) is 0.500. The first-order valence-corrected chi connectivity index (χ1v) is 7.97. The predicted octanol–water partition coefficient (Wildman–Crippen LogP) is 2.06. The van der Waals surface area contributed by atoms with Crippen LogP contribution in [0, 0.1) is 11.8 Å². The molecule has 1 heterocycles. The maximum Gasteiger partial charge on any atom is 0.243 e. The summed E-state index contributed by atoms with van der Waals surface area (Å²) in [4.78, 5) is 29.6. The number of carbonyl (C=O) groups excluding carboxylic acids is 2. The zero-order chi connectivity index (χ0) is 17.1. The van der Waals surface area contributed by atoms with E-state index in [1.54, 1.807) is 12.3 Å². The molecule has 0 aromatic heterocycles. The third-order valence-electron chi connectivity index (χ3n) is 3.62. The average Bonchev–Trinajstić information content (AvgIpc) is 2.52. The normalized spacial score (nSPS) is 19.7. The quantitative estimate of drug-likeness (QED) is 0.338. The SMILES string of the molecule is C=CC#CCC/C=C\C=NC(C)N(CC)C1CCC(=O)NC1=O. The molecular weight excluding hydrogens is 290 g/mol. The van der Waals surface area contributed by atoms with Crippen molar-refractivity contribution in [1.82, 2.24) is 10.2 Å². The highest BCUT2D eigenvalue weighted by Crippen LogP contribution is 2.15. The number of hydrogen-bond donors (Lipinski definition) is 1. The minimum atomic E-state index is -0.289. The van der Waals surface area contributed by atoms with E-state index in [0.29, 0.717) is 19.4 Å². The van der Waals surface area contributed by atoms with Gasteiger partial charge in [-0.25, -0.2) is 0 Å². The molecule has 0 aliphatic carbocycles. The van der Waals surface area contributed by atoms with Crippen molar-refractivity contribution in [2.24, 2.45) is 4.99 Å². The highest BCUT2D eigenvalue weighted by atomic mass is 16.2. The Hall–Kier alpha value is -2.19. The van der Waals surface area contributed by atoms with Gasteiger partial charge in [0.15, 0.2) is 0 Å². The van der Waals surface area contributed by atoms with Crippen molar-refractivity contribution in [3.05, 3.63) is 24.8 Å². The van der Waals surface area contributed by atoms with E-state index in [9.17, 15) is 9.59 Å². The number of piperidine rings is 1. The number of allylic oxidation sites excluding steroid dienone is 3. The molecule has 0 spiro atoms. The van der Waals surface area contributed by atoms with Crippen LogP contribution >= 0.6 is 0 Å². The molecule has 2 unspecified atom stereocenters. The molecule has 0 radical (unpaired) electrons. The lowest BCUT2D eigenvalue weighted by Crippen LogP contribution is -2.54. The number of rotatable bonds is 7. The molecule has 1 N–H and O–H groups in total. The molecule has 1 rings (SSSR count). The summed E-state index contributed by atoms with van der Waals surface area (Å²) in [6.07, 6.45) is 9.72. The number of carbonyl (C=O) groups is 2. The highest BCUT2D eigenvalue weighted by Gasteiger charge is 2.32. The summed E-state index contributed by atoms with van der Waals surface area (Å²) >= 11 is 0. The second-order valence-electron chi connectivity index (χ2n) is 5.22. The van der Waals surface area contributed by atoms with Crippen LogP contribution in [0.3, 0.4) is 0 Å². The van der Waals surface area contributed by atoms with Gasteiger partial charge in [0.2, 0.25) is 11.8 Å². The summed E-state index contributed by atoms with van der Waals surface area (Å²) in [5, 5.41) is 2.39. The molecule has 23 heavy (non-hydrogen) atoms. The molecule has 5 heteroatoms. The summed E-state index contributed by atoms with van der Waals surface area (Å²) in [5.41, 5.74) is 0. The molecule has 2 atom stereocenters. The first kappa shape index (κ1) is 18.9. The van der Waals surface area contributed by atoms with Crippen LogP contribution in [0.4, 0.5) is 0 Å². The van der Waals surface area contributed by atoms with Crippen LogP contribution in [-0.2, 0) is 9.59 Å². The fourth-order valence-electron chi connectivity index (χ4n) is 2.46. The van der Waals surface area contributed by atoms with Crippen molar-refractivity contribution >= 4 is 18.0 Å². The number of nitrogens with zero attached hydrogens (tertiary/aromatic N) is 2. The molecule has 0 saturated carbocycles. The zero-order valence-corrected chi connectivity index (χ0v) is 13.9. The summed E-state index contributed by atoms with van der Waals surface area (Å²) in [6, 6.07) is -0.289. The molecule has 1 aliphatic heterocycles. The lowest BCUT2D eigenvalue weighted by molar-refractivity contribution is -0.138. The van der Waals surface area contributed by atoms with Gasteiger partial charge in [-0.15, -0.1) is 0 Å². The Morgan fingerprint density at radius 3 is 2.96 bits per heavy atom. The van der Waals surface area contributed by atoms with E-state index >= 15 is 0 Å². The van der Waals surface area contributed by atoms with Gasteiger partial charge in [-0.2, -0.15) is 0 Å². The van der Waals surface area contributed by atoms with Crippen molar-refractivity contribution in [1.29, 1.82) is 0 Å². The Labute approximate surface area is 138 Å². The standard InChI is InChI=1S/C18H25N3O2/c1-4-6-7-8-9-10-11-14-19-15(3)21(5-2)16-12-13-17(22)20-18(16)23/h4,10-11,14-16H,1,5,8-9,12-13H2,2-3H3,(H,20,22,23)/b11-10-,19-14?. The smallest absolute Gasteiger partial charge is 0.243 e. The van der Waals surface area contributed by atoms with E-state index in [-0.39, 0.29) is 24.0 Å². The van der Waals surface area contributed by atoms with Crippen LogP contribution in [0.5, 0.6) is 0 Å². The van der Waals surface area contributed by atoms with E-state index in [4.69, 9.17) is 0 Å². The molecule has 0 aromatic carbocycles. The van der Waals surface area contributed by atoms with Gasteiger partial charge < -0.3 is 0 Å². The molecule has 1 saturated heterocycles. The zero-order valence-electron chi connectivity index (χ0n) is 13.9. The van der Waals surface area contributed by atoms with Crippen molar-refractivity contribution in [2.45, 2.75) is 51.7 Å². The van der Waals surface area contributed by atoms with Crippen LogP contribution in [-0.4, -0.2) is 41.7 Å². The third-order valence-corrected chi connectivity index (χ3v) is 3.62. The van der Waals surface area contributed by atoms with Gasteiger partial charge >= 0.3 is 0 Å². The average molecular weight is 315 g/mol. The van der Waals surface area contributed by atoms with Crippen LogP contribution in [0.2, 0.25) is 0 Å². The Kier molecular flexibility index (Phi) is 8.63. The number of aliphatic imine (C=N–C) groups is 1. The van der Waals surface area contributed by atoms with Gasteiger partial charge in [0.25, 0.3) is 0 Å². The monoisotopic (exact) mass is 315 g/mol. The molecule has 0 aromatic rings. The Morgan fingerprint density at radius 2 is 2.30 bits per heavy atom. The molecule has 1 aliphatic rings. The van der Waals surface area contributed by atoms with Crippen LogP contribution in [0.25, 0.3) is 0 Å².